The number of nitrogens with zero attached hydrogens (tertiary/aromatic N) is 4. The van der Waals surface area contributed by atoms with Gasteiger partial charge in [0.1, 0.15) is 0 Å². The number of aryl methyl sites for hydroxylation is 2. The highest BCUT2D eigenvalue weighted by Crippen LogP contribution is 2.17. The molecule has 0 atom stereocenters. The summed E-state index contributed by atoms with van der Waals surface area (Å²) in [5.74, 6) is 0.196. The van der Waals surface area contributed by atoms with Crippen LogP contribution in [0, 0.1) is 0 Å². The second kappa shape index (κ2) is 8.76. The van der Waals surface area contributed by atoms with E-state index >= 15 is 0 Å². The fraction of sp³-hybridized carbons (Fsp3) is 0.400. The predicted octanol–water partition coefficient (Wildman–Crippen LogP) is 1.39. The fourth-order valence-electron chi connectivity index (χ4n) is 3.19. The van der Waals surface area contributed by atoms with Gasteiger partial charge in [0, 0.05) is 33.6 Å². The quantitative estimate of drug-likeness (QED) is 0.575. The topological polar surface area (TPSA) is 100 Å². The lowest BCUT2D eigenvalue weighted by atomic mass is 10.2. The number of carbonyl (C=O) groups is 1. The minimum atomic E-state index is -0.437. The molecular weight excluding hydrogens is 374 g/mol. The van der Waals surface area contributed by atoms with Crippen molar-refractivity contribution in [2.75, 3.05) is 11.9 Å². The van der Waals surface area contributed by atoms with Crippen LogP contribution in [0.1, 0.15) is 25.3 Å². The van der Waals surface area contributed by atoms with Crippen molar-refractivity contribution in [1.82, 2.24) is 18.7 Å². The molecule has 29 heavy (non-hydrogen) atoms. The third-order valence-electron chi connectivity index (χ3n) is 4.71. The first-order chi connectivity index (χ1) is 13.9. The molecule has 3 aromatic rings. The van der Waals surface area contributed by atoms with Gasteiger partial charge in [0.15, 0.2) is 11.2 Å². The van der Waals surface area contributed by atoms with E-state index < -0.39 is 11.2 Å². The Morgan fingerprint density at radius 3 is 2.55 bits per heavy atom. The number of esters is 1. The predicted molar refractivity (Wildman–Crippen MR) is 110 cm³/mol. The number of fused-ring (bicyclic) bond motifs is 1. The van der Waals surface area contributed by atoms with Crippen molar-refractivity contribution in [3.63, 3.8) is 0 Å². The number of imidazole rings is 1. The third-order valence-corrected chi connectivity index (χ3v) is 4.71. The Hall–Kier alpha value is -3.36. The molecule has 0 aliphatic carbocycles. The van der Waals surface area contributed by atoms with Crippen molar-refractivity contribution in [3.05, 3.63) is 56.7 Å². The molecule has 9 heteroatoms. The van der Waals surface area contributed by atoms with E-state index in [1.807, 2.05) is 30.3 Å². The summed E-state index contributed by atoms with van der Waals surface area (Å²) >= 11 is 0. The van der Waals surface area contributed by atoms with E-state index in [-0.39, 0.29) is 12.4 Å². The summed E-state index contributed by atoms with van der Waals surface area (Å²) in [6.45, 7) is 2.99. The number of aromatic nitrogens is 4. The summed E-state index contributed by atoms with van der Waals surface area (Å²) in [5, 5.41) is 3.25. The first-order valence-corrected chi connectivity index (χ1v) is 9.53. The van der Waals surface area contributed by atoms with Crippen molar-refractivity contribution in [2.24, 2.45) is 14.1 Å². The summed E-state index contributed by atoms with van der Waals surface area (Å²) in [5.41, 5.74) is 0.839. The van der Waals surface area contributed by atoms with Gasteiger partial charge in [-0.25, -0.2) is 4.79 Å². The van der Waals surface area contributed by atoms with Crippen LogP contribution >= 0.6 is 0 Å². The second-order valence-corrected chi connectivity index (χ2v) is 6.71. The maximum absolute atomic E-state index is 12.8. The minimum Gasteiger partial charge on any atom is -0.466 e. The van der Waals surface area contributed by atoms with Gasteiger partial charge in [-0.05, 0) is 18.9 Å². The molecule has 1 N–H and O–H groups in total. The number of ether oxygens (including phenoxy) is 1. The van der Waals surface area contributed by atoms with Crippen molar-refractivity contribution in [2.45, 2.75) is 32.9 Å². The van der Waals surface area contributed by atoms with E-state index in [1.165, 1.54) is 11.6 Å². The Labute approximate surface area is 167 Å². The molecule has 0 saturated carbocycles. The highest BCUT2D eigenvalue weighted by Gasteiger charge is 2.19. The molecule has 9 nitrogen and oxygen atoms in total. The van der Waals surface area contributed by atoms with Crippen molar-refractivity contribution < 1.29 is 9.53 Å². The normalized spacial score (nSPS) is 11.0. The molecule has 154 valence electrons. The number of benzene rings is 1. The van der Waals surface area contributed by atoms with Gasteiger partial charge in [0.05, 0.1) is 6.61 Å². The zero-order valence-electron chi connectivity index (χ0n) is 16.8. The molecule has 0 radical (unpaired) electrons. The van der Waals surface area contributed by atoms with Crippen molar-refractivity contribution in [3.8, 4) is 0 Å². The molecule has 1 aromatic carbocycles. The molecule has 0 unspecified atom stereocenters. The SMILES string of the molecule is CCOC(=O)CCCn1c(NCc2ccccc2)nc2c1c(=O)n(C)c(=O)n2C. The van der Waals surface area contributed by atoms with E-state index in [0.717, 1.165) is 10.1 Å². The average Bonchev–Trinajstić information content (AvgIpc) is 3.09. The van der Waals surface area contributed by atoms with Gasteiger partial charge < -0.3 is 14.6 Å². The number of nitrogens with one attached hydrogen (secondary N) is 1. The van der Waals surface area contributed by atoms with E-state index in [4.69, 9.17) is 4.74 Å². The van der Waals surface area contributed by atoms with Crippen molar-refractivity contribution in [1.29, 1.82) is 0 Å². The summed E-state index contributed by atoms with van der Waals surface area (Å²) in [7, 11) is 3.03. The van der Waals surface area contributed by atoms with E-state index in [1.54, 1.807) is 18.5 Å². The van der Waals surface area contributed by atoms with Crippen LogP contribution in [0.15, 0.2) is 39.9 Å². The fourth-order valence-corrected chi connectivity index (χ4v) is 3.19. The highest BCUT2D eigenvalue weighted by molar-refractivity contribution is 5.74. The summed E-state index contributed by atoms with van der Waals surface area (Å²) in [4.78, 5) is 41.2. The lowest BCUT2D eigenvalue weighted by Crippen LogP contribution is -2.37. The van der Waals surface area contributed by atoms with Crippen LogP contribution in [-0.4, -0.2) is 31.3 Å². The van der Waals surface area contributed by atoms with Crippen LogP contribution in [0.3, 0.4) is 0 Å². The molecule has 2 heterocycles. The Morgan fingerprint density at radius 1 is 1.14 bits per heavy atom. The molecule has 0 saturated heterocycles. The molecule has 0 amide bonds. The molecule has 3 rings (SSSR count). The standard InChI is InChI=1S/C20H25N5O4/c1-4-29-15(26)11-8-12-25-16-17(23(2)20(28)24(3)18(16)27)22-19(25)21-13-14-9-6-5-7-10-14/h5-7,9-10H,4,8,11-13H2,1-3H3,(H,21,22). The molecule has 0 aliphatic rings. The monoisotopic (exact) mass is 399 g/mol. The first-order valence-electron chi connectivity index (χ1n) is 9.53. The van der Waals surface area contributed by atoms with Crippen LogP contribution in [0.25, 0.3) is 11.2 Å². The number of rotatable bonds is 8. The number of anilines is 1. The van der Waals surface area contributed by atoms with Crippen LogP contribution < -0.4 is 16.6 Å². The summed E-state index contributed by atoms with van der Waals surface area (Å²) in [6.07, 6.45) is 0.716. The Bertz CT molecular complexity index is 1130. The van der Waals surface area contributed by atoms with Gasteiger partial charge in [-0.2, -0.15) is 4.98 Å². The number of hydrogen-bond donors (Lipinski definition) is 1. The highest BCUT2D eigenvalue weighted by atomic mass is 16.5. The van der Waals surface area contributed by atoms with Gasteiger partial charge in [0.25, 0.3) is 5.56 Å². The molecular formula is C20H25N5O4. The van der Waals surface area contributed by atoms with Gasteiger partial charge in [-0.3, -0.25) is 18.7 Å². The van der Waals surface area contributed by atoms with Crippen molar-refractivity contribution >= 4 is 23.1 Å². The summed E-state index contributed by atoms with van der Waals surface area (Å²) in [6, 6.07) is 9.79. The van der Waals surface area contributed by atoms with E-state index in [2.05, 4.69) is 10.3 Å². The smallest absolute Gasteiger partial charge is 0.332 e. The first kappa shape index (κ1) is 20.4. The van der Waals surface area contributed by atoms with Crippen LogP contribution in [-0.2, 0) is 36.7 Å². The minimum absolute atomic E-state index is 0.234. The maximum Gasteiger partial charge on any atom is 0.332 e. The van der Waals surface area contributed by atoms with Gasteiger partial charge in [-0.1, -0.05) is 30.3 Å². The molecule has 0 fully saturated rings. The van der Waals surface area contributed by atoms with Crippen LogP contribution in [0.4, 0.5) is 5.95 Å². The Kier molecular flexibility index (Phi) is 6.16. The lowest BCUT2D eigenvalue weighted by molar-refractivity contribution is -0.143. The largest absolute Gasteiger partial charge is 0.466 e. The van der Waals surface area contributed by atoms with Crippen LogP contribution in [0.2, 0.25) is 0 Å². The molecule has 2 aromatic heterocycles. The van der Waals surface area contributed by atoms with E-state index in [9.17, 15) is 14.4 Å². The molecule has 0 aliphatic heterocycles. The summed E-state index contributed by atoms with van der Waals surface area (Å²) < 4.78 is 9.12. The van der Waals surface area contributed by atoms with Gasteiger partial charge >= 0.3 is 11.7 Å². The zero-order chi connectivity index (χ0) is 21.0. The van der Waals surface area contributed by atoms with Gasteiger partial charge in [0.2, 0.25) is 5.95 Å². The Balaban J connectivity index is 1.98. The Morgan fingerprint density at radius 2 is 1.86 bits per heavy atom. The second-order valence-electron chi connectivity index (χ2n) is 6.71. The maximum atomic E-state index is 12.8. The average molecular weight is 399 g/mol. The van der Waals surface area contributed by atoms with E-state index in [0.29, 0.717) is 43.2 Å². The molecule has 0 spiro atoms. The van der Waals surface area contributed by atoms with Gasteiger partial charge in [-0.15, -0.1) is 0 Å². The third kappa shape index (κ3) is 4.23. The zero-order valence-corrected chi connectivity index (χ0v) is 16.8. The number of carbonyl (C=O) groups excluding carboxylic acids is 1. The lowest BCUT2D eigenvalue weighted by Gasteiger charge is -2.11. The van der Waals surface area contributed by atoms with Crippen LogP contribution in [0.5, 0.6) is 0 Å². The number of hydrogen-bond acceptors (Lipinski definition) is 6. The molecule has 0 bridgehead atoms.